The number of carbonyl (C=O) groups excluding carboxylic acids is 2. The van der Waals surface area contributed by atoms with Crippen molar-refractivity contribution in [2.75, 3.05) is 13.2 Å². The standard InChI is InChI=1S/C17H30O7/c1-4-5-6-7-8-9-10-21-17-15(20)16(24-13(3)19)14(11-22-17)23-12(2)18/h14-17,20H,4-11H2,1-3H3/t14-,15-,16+,17-/m1/s1. The highest BCUT2D eigenvalue weighted by Crippen LogP contribution is 2.22. The molecule has 0 aromatic carbocycles. The molecule has 0 unspecified atom stereocenters. The molecule has 24 heavy (non-hydrogen) atoms. The van der Waals surface area contributed by atoms with Crippen LogP contribution in [0.25, 0.3) is 0 Å². The first-order valence-electron chi connectivity index (χ1n) is 8.71. The van der Waals surface area contributed by atoms with Crippen molar-refractivity contribution in [3.8, 4) is 0 Å². The van der Waals surface area contributed by atoms with E-state index >= 15 is 0 Å². The van der Waals surface area contributed by atoms with E-state index in [1.54, 1.807) is 0 Å². The first-order valence-corrected chi connectivity index (χ1v) is 8.71. The Kier molecular flexibility index (Phi) is 9.90. The van der Waals surface area contributed by atoms with Gasteiger partial charge < -0.3 is 24.1 Å². The first-order chi connectivity index (χ1) is 11.5. The summed E-state index contributed by atoms with van der Waals surface area (Å²) in [7, 11) is 0. The smallest absolute Gasteiger partial charge is 0.303 e. The molecule has 7 nitrogen and oxygen atoms in total. The molecule has 7 heteroatoms. The molecular formula is C17H30O7. The van der Waals surface area contributed by atoms with Crippen molar-refractivity contribution < 1.29 is 33.6 Å². The topological polar surface area (TPSA) is 91.3 Å². The van der Waals surface area contributed by atoms with Crippen LogP contribution in [0.15, 0.2) is 0 Å². The van der Waals surface area contributed by atoms with Crippen molar-refractivity contribution in [1.29, 1.82) is 0 Å². The van der Waals surface area contributed by atoms with Crippen LogP contribution in [-0.4, -0.2) is 54.9 Å². The number of aliphatic hydroxyl groups is 1. The summed E-state index contributed by atoms with van der Waals surface area (Å²) < 4.78 is 21.1. The van der Waals surface area contributed by atoms with Crippen LogP contribution >= 0.6 is 0 Å². The van der Waals surface area contributed by atoms with E-state index < -0.39 is 36.5 Å². The Hall–Kier alpha value is -1.18. The van der Waals surface area contributed by atoms with Gasteiger partial charge in [-0.25, -0.2) is 0 Å². The maximum absolute atomic E-state index is 11.2. The van der Waals surface area contributed by atoms with Crippen LogP contribution in [0, 0.1) is 0 Å². The van der Waals surface area contributed by atoms with Gasteiger partial charge in [-0.2, -0.15) is 0 Å². The highest BCUT2D eigenvalue weighted by atomic mass is 16.7. The van der Waals surface area contributed by atoms with Gasteiger partial charge in [-0.15, -0.1) is 0 Å². The molecule has 1 aliphatic heterocycles. The van der Waals surface area contributed by atoms with E-state index in [0.717, 1.165) is 19.3 Å². The molecule has 0 aromatic heterocycles. The predicted octanol–water partition coefficient (Wildman–Crippen LogP) is 1.94. The van der Waals surface area contributed by atoms with Crippen LogP contribution in [0.1, 0.15) is 59.3 Å². The molecule has 0 saturated carbocycles. The second-order valence-electron chi connectivity index (χ2n) is 6.05. The number of hydrogen-bond donors (Lipinski definition) is 1. The molecule has 1 N–H and O–H groups in total. The molecule has 0 radical (unpaired) electrons. The fraction of sp³-hybridized carbons (Fsp3) is 0.882. The number of aliphatic hydroxyl groups excluding tert-OH is 1. The highest BCUT2D eigenvalue weighted by molar-refractivity contribution is 5.67. The van der Waals surface area contributed by atoms with Crippen LogP contribution in [0.2, 0.25) is 0 Å². The number of ether oxygens (including phenoxy) is 4. The third-order valence-electron chi connectivity index (χ3n) is 3.81. The van der Waals surface area contributed by atoms with Crippen molar-refractivity contribution >= 4 is 11.9 Å². The summed E-state index contributed by atoms with van der Waals surface area (Å²) in [6, 6.07) is 0. The summed E-state index contributed by atoms with van der Waals surface area (Å²) in [5.74, 6) is -1.09. The van der Waals surface area contributed by atoms with Gasteiger partial charge in [-0.3, -0.25) is 9.59 Å². The van der Waals surface area contributed by atoms with Gasteiger partial charge in [0, 0.05) is 20.5 Å². The van der Waals surface area contributed by atoms with Crippen LogP contribution in [-0.2, 0) is 28.5 Å². The van der Waals surface area contributed by atoms with Crippen molar-refractivity contribution in [3.05, 3.63) is 0 Å². The Morgan fingerprint density at radius 2 is 1.67 bits per heavy atom. The van der Waals surface area contributed by atoms with Crippen LogP contribution in [0.4, 0.5) is 0 Å². The number of unbranched alkanes of at least 4 members (excludes halogenated alkanes) is 5. The van der Waals surface area contributed by atoms with Crippen molar-refractivity contribution in [2.24, 2.45) is 0 Å². The lowest BCUT2D eigenvalue weighted by Crippen LogP contribution is -2.56. The molecule has 0 spiro atoms. The maximum atomic E-state index is 11.2. The summed E-state index contributed by atoms with van der Waals surface area (Å²) in [4.78, 5) is 22.3. The fourth-order valence-electron chi connectivity index (χ4n) is 2.64. The predicted molar refractivity (Wildman–Crippen MR) is 86.2 cm³/mol. The summed E-state index contributed by atoms with van der Waals surface area (Å²) in [6.07, 6.45) is 2.85. The Bertz CT molecular complexity index is 385. The van der Waals surface area contributed by atoms with Crippen LogP contribution in [0.3, 0.4) is 0 Å². The lowest BCUT2D eigenvalue weighted by molar-refractivity contribution is -0.276. The van der Waals surface area contributed by atoms with Crippen LogP contribution in [0.5, 0.6) is 0 Å². The molecule has 0 aromatic rings. The first kappa shape index (κ1) is 20.9. The van der Waals surface area contributed by atoms with Gasteiger partial charge in [0.25, 0.3) is 0 Å². The molecular weight excluding hydrogens is 316 g/mol. The average molecular weight is 346 g/mol. The Labute approximate surface area is 143 Å². The second kappa shape index (κ2) is 11.4. The number of rotatable bonds is 10. The zero-order chi connectivity index (χ0) is 17.9. The molecule has 1 heterocycles. The lowest BCUT2D eigenvalue weighted by Gasteiger charge is -2.38. The van der Waals surface area contributed by atoms with Gasteiger partial charge in [-0.1, -0.05) is 39.0 Å². The number of esters is 2. The zero-order valence-corrected chi connectivity index (χ0v) is 14.9. The van der Waals surface area contributed by atoms with Crippen molar-refractivity contribution in [3.63, 3.8) is 0 Å². The van der Waals surface area contributed by atoms with Gasteiger partial charge in [0.05, 0.1) is 6.61 Å². The lowest BCUT2D eigenvalue weighted by atomic mass is 10.0. The molecule has 0 amide bonds. The van der Waals surface area contributed by atoms with Gasteiger partial charge in [-0.05, 0) is 6.42 Å². The maximum Gasteiger partial charge on any atom is 0.303 e. The highest BCUT2D eigenvalue weighted by Gasteiger charge is 2.44. The summed E-state index contributed by atoms with van der Waals surface area (Å²) in [6.45, 7) is 5.12. The molecule has 1 saturated heterocycles. The minimum Gasteiger partial charge on any atom is -0.456 e. The molecule has 1 aliphatic rings. The van der Waals surface area contributed by atoms with E-state index in [-0.39, 0.29) is 6.61 Å². The number of hydrogen-bond acceptors (Lipinski definition) is 7. The van der Waals surface area contributed by atoms with Crippen molar-refractivity contribution in [1.82, 2.24) is 0 Å². The van der Waals surface area contributed by atoms with Gasteiger partial charge in [0.2, 0.25) is 0 Å². The van der Waals surface area contributed by atoms with E-state index in [4.69, 9.17) is 18.9 Å². The van der Waals surface area contributed by atoms with Crippen molar-refractivity contribution in [2.45, 2.75) is 83.9 Å². The minimum absolute atomic E-state index is 0.00968. The molecule has 140 valence electrons. The SMILES string of the molecule is CCCCCCCCO[C@@H]1OC[C@@H](OC(C)=O)[C@H](OC(C)=O)[C@H]1O. The van der Waals surface area contributed by atoms with E-state index in [9.17, 15) is 14.7 Å². The van der Waals surface area contributed by atoms with E-state index in [1.165, 1.54) is 33.1 Å². The summed E-state index contributed by atoms with van der Waals surface area (Å²) in [5, 5.41) is 10.3. The second-order valence-corrected chi connectivity index (χ2v) is 6.05. The molecule has 0 bridgehead atoms. The van der Waals surface area contributed by atoms with Crippen LogP contribution < -0.4 is 0 Å². The van der Waals surface area contributed by atoms with Gasteiger partial charge in [0.1, 0.15) is 6.10 Å². The summed E-state index contributed by atoms with van der Waals surface area (Å²) >= 11 is 0. The van der Waals surface area contributed by atoms with E-state index in [0.29, 0.717) is 6.61 Å². The van der Waals surface area contributed by atoms with E-state index in [1.807, 2.05) is 0 Å². The molecule has 4 atom stereocenters. The zero-order valence-electron chi connectivity index (χ0n) is 14.9. The third-order valence-corrected chi connectivity index (χ3v) is 3.81. The Balaban J connectivity index is 2.41. The van der Waals surface area contributed by atoms with Gasteiger partial charge >= 0.3 is 11.9 Å². The molecule has 1 fully saturated rings. The largest absolute Gasteiger partial charge is 0.456 e. The third kappa shape index (κ3) is 7.59. The summed E-state index contributed by atoms with van der Waals surface area (Å²) in [5.41, 5.74) is 0. The molecule has 0 aliphatic carbocycles. The monoisotopic (exact) mass is 346 g/mol. The number of carbonyl (C=O) groups is 2. The molecule has 1 rings (SSSR count). The van der Waals surface area contributed by atoms with E-state index in [2.05, 4.69) is 6.92 Å². The average Bonchev–Trinajstić information content (AvgIpc) is 2.51. The Morgan fingerprint density at radius 3 is 2.29 bits per heavy atom. The normalized spacial score (nSPS) is 26.8. The van der Waals surface area contributed by atoms with Gasteiger partial charge in [0.15, 0.2) is 18.5 Å². The minimum atomic E-state index is -1.20. The Morgan fingerprint density at radius 1 is 1.04 bits per heavy atom. The fourth-order valence-corrected chi connectivity index (χ4v) is 2.64. The quantitative estimate of drug-likeness (QED) is 0.477.